The number of H-pyrrole nitrogens is 1. The van der Waals surface area contributed by atoms with Crippen LogP contribution >= 0.6 is 0 Å². The molecular weight excluding hydrogens is 314 g/mol. The summed E-state index contributed by atoms with van der Waals surface area (Å²) in [6.07, 6.45) is 4.04. The van der Waals surface area contributed by atoms with Gasteiger partial charge in [0.25, 0.3) is 5.56 Å². The van der Waals surface area contributed by atoms with Gasteiger partial charge in [0, 0.05) is 30.6 Å². The summed E-state index contributed by atoms with van der Waals surface area (Å²) in [5, 5.41) is 0. The summed E-state index contributed by atoms with van der Waals surface area (Å²) in [7, 11) is 0. The van der Waals surface area contributed by atoms with Gasteiger partial charge in [-0.25, -0.2) is 4.98 Å². The second-order valence-electron chi connectivity index (χ2n) is 7.12. The molecule has 1 N–H and O–H groups in total. The molecule has 5 heteroatoms. The van der Waals surface area contributed by atoms with Crippen molar-refractivity contribution < 1.29 is 4.74 Å². The van der Waals surface area contributed by atoms with Crippen molar-refractivity contribution in [2.45, 2.75) is 58.2 Å². The van der Waals surface area contributed by atoms with Crippen molar-refractivity contribution in [2.24, 2.45) is 0 Å². The van der Waals surface area contributed by atoms with E-state index in [9.17, 15) is 4.79 Å². The molecule has 1 aromatic carbocycles. The largest absolute Gasteiger partial charge is 0.494 e. The fourth-order valence-electron chi connectivity index (χ4n) is 4.29. The van der Waals surface area contributed by atoms with E-state index in [1.54, 1.807) is 0 Å². The van der Waals surface area contributed by atoms with Gasteiger partial charge in [0.1, 0.15) is 11.6 Å². The average Bonchev–Trinajstić information content (AvgIpc) is 2.85. The Morgan fingerprint density at radius 1 is 1.20 bits per heavy atom. The Bertz CT molecular complexity index is 813. The maximum absolute atomic E-state index is 12.3. The lowest BCUT2D eigenvalue weighted by atomic mass is 9.98. The van der Waals surface area contributed by atoms with Crippen LogP contribution in [0.2, 0.25) is 0 Å². The van der Waals surface area contributed by atoms with E-state index in [-0.39, 0.29) is 5.56 Å². The molecule has 1 fully saturated rings. The highest BCUT2D eigenvalue weighted by atomic mass is 16.5. The fourth-order valence-corrected chi connectivity index (χ4v) is 4.29. The van der Waals surface area contributed by atoms with Gasteiger partial charge in [-0.15, -0.1) is 0 Å². The molecule has 132 valence electrons. The van der Waals surface area contributed by atoms with Crippen molar-refractivity contribution in [1.29, 1.82) is 0 Å². The molecule has 4 rings (SSSR count). The molecule has 0 saturated carbocycles. The van der Waals surface area contributed by atoms with Crippen molar-refractivity contribution in [1.82, 2.24) is 14.9 Å². The lowest BCUT2D eigenvalue weighted by Gasteiger charge is -2.27. The summed E-state index contributed by atoms with van der Waals surface area (Å²) in [5.74, 6) is 1.64. The molecule has 0 aliphatic carbocycles. The summed E-state index contributed by atoms with van der Waals surface area (Å²) < 4.78 is 5.53. The number of fused-ring (bicyclic) bond motifs is 3. The van der Waals surface area contributed by atoms with Gasteiger partial charge in [-0.2, -0.15) is 0 Å². The van der Waals surface area contributed by atoms with Gasteiger partial charge in [-0.1, -0.05) is 12.1 Å². The minimum atomic E-state index is 0.0519. The fraction of sp³-hybridized carbons (Fsp3) is 0.500. The number of hydrogen-bond acceptors (Lipinski definition) is 4. The lowest BCUT2D eigenvalue weighted by molar-refractivity contribution is 0.187. The van der Waals surface area contributed by atoms with Crippen LogP contribution in [-0.4, -0.2) is 33.6 Å². The van der Waals surface area contributed by atoms with E-state index in [4.69, 9.17) is 4.74 Å². The monoisotopic (exact) mass is 339 g/mol. The first kappa shape index (κ1) is 16.3. The van der Waals surface area contributed by atoms with E-state index in [0.29, 0.717) is 18.7 Å². The number of aromatic nitrogens is 2. The third-order valence-corrected chi connectivity index (χ3v) is 5.46. The van der Waals surface area contributed by atoms with Gasteiger partial charge in [-0.05, 0) is 50.8 Å². The van der Waals surface area contributed by atoms with Gasteiger partial charge >= 0.3 is 0 Å². The Kier molecular flexibility index (Phi) is 4.34. The molecule has 2 aromatic rings. The van der Waals surface area contributed by atoms with Crippen LogP contribution in [-0.2, 0) is 19.4 Å². The molecule has 2 aliphatic rings. The lowest BCUT2D eigenvalue weighted by Crippen LogP contribution is -2.36. The maximum atomic E-state index is 12.3. The number of nitrogens with one attached hydrogen (secondary N) is 1. The minimum absolute atomic E-state index is 0.0519. The van der Waals surface area contributed by atoms with Crippen LogP contribution in [0.15, 0.2) is 29.1 Å². The van der Waals surface area contributed by atoms with E-state index >= 15 is 0 Å². The average molecular weight is 339 g/mol. The van der Waals surface area contributed by atoms with Crippen LogP contribution in [0.4, 0.5) is 0 Å². The summed E-state index contributed by atoms with van der Waals surface area (Å²) >= 11 is 0. The summed E-state index contributed by atoms with van der Waals surface area (Å²) in [6.45, 7) is 5.47. The van der Waals surface area contributed by atoms with Crippen molar-refractivity contribution in [3.63, 3.8) is 0 Å². The molecule has 5 nitrogen and oxygen atoms in total. The molecular formula is C20H25N3O2. The molecule has 0 radical (unpaired) electrons. The van der Waals surface area contributed by atoms with Crippen LogP contribution in [0.3, 0.4) is 0 Å². The molecule has 2 atom stereocenters. The van der Waals surface area contributed by atoms with Gasteiger partial charge < -0.3 is 9.72 Å². The minimum Gasteiger partial charge on any atom is -0.494 e. The zero-order chi connectivity index (χ0) is 17.4. The second-order valence-corrected chi connectivity index (χ2v) is 7.12. The van der Waals surface area contributed by atoms with Crippen LogP contribution in [0.25, 0.3) is 0 Å². The SMILES string of the molecule is CCOc1ccc(CN2C3CCC2Cc2c(nc(C)[nH]c2=O)C3)cc1. The molecule has 2 bridgehead atoms. The number of aromatic amines is 1. The zero-order valence-electron chi connectivity index (χ0n) is 14.9. The predicted octanol–water partition coefficient (Wildman–Crippen LogP) is 2.61. The molecule has 25 heavy (non-hydrogen) atoms. The van der Waals surface area contributed by atoms with Gasteiger partial charge in [0.15, 0.2) is 0 Å². The van der Waals surface area contributed by atoms with E-state index in [2.05, 4.69) is 27.0 Å². The standard InChI is InChI=1S/C20H25N3O2/c1-3-25-17-8-4-14(5-9-17)12-23-15-6-7-16(23)11-19-18(10-15)20(24)22-13(2)21-19/h4-5,8-9,15-16H,3,6-7,10-12H2,1-2H3,(H,21,22,24). The highest BCUT2D eigenvalue weighted by molar-refractivity contribution is 5.28. The Morgan fingerprint density at radius 3 is 2.64 bits per heavy atom. The first-order valence-electron chi connectivity index (χ1n) is 9.20. The maximum Gasteiger partial charge on any atom is 0.254 e. The highest BCUT2D eigenvalue weighted by Crippen LogP contribution is 2.33. The number of aryl methyl sites for hydroxylation is 1. The molecule has 3 heterocycles. The first-order valence-corrected chi connectivity index (χ1v) is 9.20. The topological polar surface area (TPSA) is 58.2 Å². The summed E-state index contributed by atoms with van der Waals surface area (Å²) in [4.78, 5) is 22.4. The van der Waals surface area contributed by atoms with Gasteiger partial charge in [0.2, 0.25) is 0 Å². The Morgan fingerprint density at radius 2 is 1.92 bits per heavy atom. The van der Waals surface area contributed by atoms with Crippen molar-refractivity contribution in [3.05, 3.63) is 57.3 Å². The molecule has 2 unspecified atom stereocenters. The molecule has 1 saturated heterocycles. The predicted molar refractivity (Wildman–Crippen MR) is 97.0 cm³/mol. The molecule has 0 spiro atoms. The zero-order valence-corrected chi connectivity index (χ0v) is 14.9. The van der Waals surface area contributed by atoms with E-state index in [1.807, 2.05) is 26.0 Å². The van der Waals surface area contributed by atoms with E-state index in [0.717, 1.165) is 48.6 Å². The normalized spacial score (nSPS) is 22.5. The van der Waals surface area contributed by atoms with Crippen LogP contribution in [0.5, 0.6) is 5.75 Å². The number of nitrogens with zero attached hydrogens (tertiary/aromatic N) is 2. The first-order chi connectivity index (χ1) is 12.1. The van der Waals surface area contributed by atoms with Crippen molar-refractivity contribution in [3.8, 4) is 5.75 Å². The third kappa shape index (κ3) is 3.21. The Balaban J connectivity index is 1.56. The quantitative estimate of drug-likeness (QED) is 0.930. The Hall–Kier alpha value is -2.14. The number of ether oxygens (including phenoxy) is 1. The van der Waals surface area contributed by atoms with E-state index < -0.39 is 0 Å². The van der Waals surface area contributed by atoms with Crippen LogP contribution < -0.4 is 10.3 Å². The Labute approximate surface area is 148 Å². The summed E-state index contributed by atoms with van der Waals surface area (Å²) in [6, 6.07) is 9.30. The molecule has 2 aliphatic heterocycles. The van der Waals surface area contributed by atoms with Gasteiger partial charge in [-0.3, -0.25) is 9.69 Å². The molecule has 0 amide bonds. The van der Waals surface area contributed by atoms with E-state index in [1.165, 1.54) is 12.0 Å². The van der Waals surface area contributed by atoms with Crippen LogP contribution in [0, 0.1) is 6.92 Å². The number of hydrogen-bond donors (Lipinski definition) is 1. The van der Waals surface area contributed by atoms with Crippen molar-refractivity contribution in [2.75, 3.05) is 6.61 Å². The van der Waals surface area contributed by atoms with Gasteiger partial charge in [0.05, 0.1) is 12.3 Å². The van der Waals surface area contributed by atoms with Crippen LogP contribution in [0.1, 0.15) is 42.4 Å². The second kappa shape index (κ2) is 6.64. The number of rotatable bonds is 4. The third-order valence-electron chi connectivity index (χ3n) is 5.46. The molecule has 1 aromatic heterocycles. The summed E-state index contributed by atoms with van der Waals surface area (Å²) in [5.41, 5.74) is 3.25. The smallest absolute Gasteiger partial charge is 0.254 e. The van der Waals surface area contributed by atoms with Crippen molar-refractivity contribution >= 4 is 0 Å². The number of benzene rings is 1. The highest BCUT2D eigenvalue weighted by Gasteiger charge is 2.38.